The molecule has 0 saturated heterocycles. The minimum atomic E-state index is -1.23. The number of hydrogen-bond donors (Lipinski definition) is 0. The third-order valence-corrected chi connectivity index (χ3v) is 6.18. The van der Waals surface area contributed by atoms with Gasteiger partial charge in [-0.3, -0.25) is 0 Å². The van der Waals surface area contributed by atoms with Gasteiger partial charge in [0.05, 0.1) is 0 Å². The van der Waals surface area contributed by atoms with Gasteiger partial charge in [-0.25, -0.2) is 22.4 Å². The minimum absolute atomic E-state index is 0.00160. The zero-order valence-corrected chi connectivity index (χ0v) is 18.1. The maximum absolute atomic E-state index is 14.6. The normalized spacial score (nSPS) is 18.0. The molecule has 0 heterocycles. The number of esters is 1. The molecule has 3 aromatic carbocycles. The molecule has 0 N–H and O–H groups in total. The molecule has 33 heavy (non-hydrogen) atoms. The standard InChI is InChI=1S/C27H22F4O2/c1-2-16-3-5-17(6-4-16)7-8-18-13-23(29)25(24(30)14-18)27(32)33-20-10-11-21-19(15-20)9-12-22(28)26(21)31/h9-17H,2-6H2,1H3. The lowest BCUT2D eigenvalue weighted by molar-refractivity contribution is 0.0725. The number of rotatable bonds is 3. The highest BCUT2D eigenvalue weighted by Gasteiger charge is 2.22. The van der Waals surface area contributed by atoms with Gasteiger partial charge in [-0.1, -0.05) is 31.3 Å². The van der Waals surface area contributed by atoms with E-state index in [9.17, 15) is 22.4 Å². The maximum Gasteiger partial charge on any atom is 0.349 e. The van der Waals surface area contributed by atoms with Gasteiger partial charge in [0, 0.05) is 16.9 Å². The highest BCUT2D eigenvalue weighted by atomic mass is 19.2. The Labute approximate surface area is 189 Å². The average Bonchev–Trinajstić information content (AvgIpc) is 2.80. The molecule has 0 atom stereocenters. The van der Waals surface area contributed by atoms with Gasteiger partial charge in [-0.15, -0.1) is 0 Å². The Morgan fingerprint density at radius 1 is 0.939 bits per heavy atom. The van der Waals surface area contributed by atoms with Gasteiger partial charge in [-0.05, 0) is 73.4 Å². The Kier molecular flexibility index (Phi) is 6.69. The van der Waals surface area contributed by atoms with E-state index in [1.54, 1.807) is 0 Å². The van der Waals surface area contributed by atoms with Crippen LogP contribution in [0.3, 0.4) is 0 Å². The summed E-state index contributed by atoms with van der Waals surface area (Å²) < 4.78 is 61.4. The number of hydrogen-bond acceptors (Lipinski definition) is 2. The molecule has 6 heteroatoms. The molecule has 1 aliphatic rings. The Hall–Kier alpha value is -3.33. The molecule has 1 saturated carbocycles. The summed E-state index contributed by atoms with van der Waals surface area (Å²) in [6.45, 7) is 2.18. The van der Waals surface area contributed by atoms with Crippen molar-refractivity contribution in [1.29, 1.82) is 0 Å². The topological polar surface area (TPSA) is 26.3 Å². The zero-order valence-electron chi connectivity index (χ0n) is 18.1. The van der Waals surface area contributed by atoms with Gasteiger partial charge >= 0.3 is 5.97 Å². The van der Waals surface area contributed by atoms with E-state index in [4.69, 9.17) is 4.74 Å². The molecule has 0 aliphatic heterocycles. The average molecular weight is 454 g/mol. The highest BCUT2D eigenvalue weighted by molar-refractivity contribution is 5.93. The van der Waals surface area contributed by atoms with Gasteiger partial charge in [0.1, 0.15) is 22.9 Å². The summed E-state index contributed by atoms with van der Waals surface area (Å²) >= 11 is 0. The fourth-order valence-corrected chi connectivity index (χ4v) is 4.21. The second-order valence-corrected chi connectivity index (χ2v) is 8.34. The van der Waals surface area contributed by atoms with E-state index >= 15 is 0 Å². The van der Waals surface area contributed by atoms with Crippen LogP contribution in [0.15, 0.2) is 42.5 Å². The summed E-state index contributed by atoms with van der Waals surface area (Å²) in [5, 5.41) is 0.275. The van der Waals surface area contributed by atoms with Crippen LogP contribution in [0.5, 0.6) is 5.75 Å². The molecule has 4 rings (SSSR count). The fraction of sp³-hybridized carbons (Fsp3) is 0.296. The van der Waals surface area contributed by atoms with Crippen molar-refractivity contribution in [3.63, 3.8) is 0 Å². The number of ether oxygens (including phenoxy) is 1. The van der Waals surface area contributed by atoms with Crippen molar-refractivity contribution < 1.29 is 27.1 Å². The van der Waals surface area contributed by atoms with E-state index in [0.717, 1.165) is 56.2 Å². The largest absolute Gasteiger partial charge is 0.423 e. The lowest BCUT2D eigenvalue weighted by Crippen LogP contribution is -2.14. The number of fused-ring (bicyclic) bond motifs is 1. The predicted octanol–water partition coefficient (Wildman–Crippen LogP) is 7.18. The third kappa shape index (κ3) is 5.03. The molecule has 1 fully saturated rings. The monoisotopic (exact) mass is 454 g/mol. The predicted molar refractivity (Wildman–Crippen MR) is 118 cm³/mol. The van der Waals surface area contributed by atoms with Crippen molar-refractivity contribution in [2.45, 2.75) is 39.0 Å². The van der Waals surface area contributed by atoms with E-state index < -0.39 is 34.8 Å². The van der Waals surface area contributed by atoms with Crippen molar-refractivity contribution >= 4 is 16.7 Å². The highest BCUT2D eigenvalue weighted by Crippen LogP contribution is 2.30. The third-order valence-electron chi connectivity index (χ3n) is 6.18. The Morgan fingerprint density at radius 2 is 1.64 bits per heavy atom. The van der Waals surface area contributed by atoms with Gasteiger partial charge in [0.25, 0.3) is 0 Å². The Bertz CT molecular complexity index is 1240. The Balaban J connectivity index is 1.50. The van der Waals surface area contributed by atoms with Crippen LogP contribution in [-0.2, 0) is 0 Å². The van der Waals surface area contributed by atoms with Crippen LogP contribution in [0.2, 0.25) is 0 Å². The van der Waals surface area contributed by atoms with E-state index in [1.165, 1.54) is 24.3 Å². The Morgan fingerprint density at radius 3 is 2.30 bits per heavy atom. The van der Waals surface area contributed by atoms with Crippen molar-refractivity contribution in [2.75, 3.05) is 0 Å². The molecular formula is C27H22F4O2. The number of carbonyl (C=O) groups excluding carboxylic acids is 1. The molecule has 170 valence electrons. The fourth-order valence-electron chi connectivity index (χ4n) is 4.21. The van der Waals surface area contributed by atoms with Crippen molar-refractivity contribution in [3.8, 4) is 17.6 Å². The smallest absolute Gasteiger partial charge is 0.349 e. The first kappa shape index (κ1) is 22.8. The first-order chi connectivity index (χ1) is 15.9. The van der Waals surface area contributed by atoms with Crippen LogP contribution in [0, 0.1) is 46.9 Å². The summed E-state index contributed by atoms with van der Waals surface area (Å²) in [6.07, 6.45) is 5.33. The maximum atomic E-state index is 14.6. The van der Waals surface area contributed by atoms with Gasteiger partial charge < -0.3 is 4.74 Å². The van der Waals surface area contributed by atoms with E-state index in [2.05, 4.69) is 18.8 Å². The lowest BCUT2D eigenvalue weighted by Gasteiger charge is -2.24. The van der Waals surface area contributed by atoms with Gasteiger partial charge in [0.2, 0.25) is 0 Å². The summed E-state index contributed by atoms with van der Waals surface area (Å²) in [4.78, 5) is 12.4. The number of carbonyl (C=O) groups is 1. The van der Waals surface area contributed by atoms with Crippen molar-refractivity contribution in [1.82, 2.24) is 0 Å². The van der Waals surface area contributed by atoms with E-state index in [0.29, 0.717) is 0 Å². The van der Waals surface area contributed by atoms with E-state index in [1.807, 2.05) is 0 Å². The summed E-state index contributed by atoms with van der Waals surface area (Å²) in [7, 11) is 0. The van der Waals surface area contributed by atoms with Crippen LogP contribution in [0.1, 0.15) is 54.9 Å². The number of halogens is 4. The quantitative estimate of drug-likeness (QED) is 0.181. The molecular weight excluding hydrogens is 432 g/mol. The van der Waals surface area contributed by atoms with Crippen molar-refractivity contribution in [2.24, 2.45) is 11.8 Å². The molecule has 0 bridgehead atoms. The van der Waals surface area contributed by atoms with Gasteiger partial charge in [0.15, 0.2) is 11.6 Å². The summed E-state index contributed by atoms with van der Waals surface area (Å²) in [6, 6.07) is 8.04. The second kappa shape index (κ2) is 9.66. The van der Waals surface area contributed by atoms with Gasteiger partial charge in [-0.2, -0.15) is 0 Å². The molecule has 0 radical (unpaired) electrons. The molecule has 0 unspecified atom stereocenters. The molecule has 0 amide bonds. The number of benzene rings is 3. The molecule has 0 spiro atoms. The minimum Gasteiger partial charge on any atom is -0.423 e. The lowest BCUT2D eigenvalue weighted by atomic mass is 9.81. The molecule has 0 aromatic heterocycles. The molecule has 2 nitrogen and oxygen atoms in total. The van der Waals surface area contributed by atoms with Crippen LogP contribution in [0.4, 0.5) is 17.6 Å². The first-order valence-corrected chi connectivity index (χ1v) is 11.0. The molecule has 1 aliphatic carbocycles. The molecule has 3 aromatic rings. The van der Waals surface area contributed by atoms with Crippen LogP contribution >= 0.6 is 0 Å². The van der Waals surface area contributed by atoms with Crippen molar-refractivity contribution in [3.05, 3.63) is 76.9 Å². The summed E-state index contributed by atoms with van der Waals surface area (Å²) in [5.41, 5.74) is -0.684. The summed E-state index contributed by atoms with van der Waals surface area (Å²) in [5.74, 6) is 1.38. The van der Waals surface area contributed by atoms with Crippen LogP contribution < -0.4 is 4.74 Å². The van der Waals surface area contributed by atoms with E-state index in [-0.39, 0.29) is 28.0 Å². The van der Waals surface area contributed by atoms with Crippen LogP contribution in [-0.4, -0.2) is 5.97 Å². The SMILES string of the molecule is CCC1CCC(C#Cc2cc(F)c(C(=O)Oc3ccc4c(F)c(F)ccc4c3)c(F)c2)CC1. The second-order valence-electron chi connectivity index (χ2n) is 8.34. The first-order valence-electron chi connectivity index (χ1n) is 11.0. The van der Waals surface area contributed by atoms with Crippen LogP contribution in [0.25, 0.3) is 10.8 Å². The zero-order chi connectivity index (χ0) is 23.5.